The second-order valence-electron chi connectivity index (χ2n) is 4.08. The Kier molecular flexibility index (Phi) is 4.08. The lowest BCUT2D eigenvalue weighted by Gasteiger charge is -2.15. The van der Waals surface area contributed by atoms with Crippen molar-refractivity contribution in [3.05, 3.63) is 0 Å². The molecule has 5 nitrogen and oxygen atoms in total. The summed E-state index contributed by atoms with van der Waals surface area (Å²) in [6.07, 6.45) is 1.96. The Balaban J connectivity index is 2.36. The minimum absolute atomic E-state index is 0.0714. The summed E-state index contributed by atoms with van der Waals surface area (Å²) < 4.78 is 0. The summed E-state index contributed by atoms with van der Waals surface area (Å²) in [5.41, 5.74) is 5.66. The normalized spacial score (nSPS) is 23.0. The van der Waals surface area contributed by atoms with Crippen LogP contribution in [-0.4, -0.2) is 42.4 Å². The Morgan fingerprint density at radius 1 is 1.73 bits per heavy atom. The van der Waals surface area contributed by atoms with E-state index in [-0.39, 0.29) is 17.9 Å². The zero-order chi connectivity index (χ0) is 11.4. The monoisotopic (exact) mass is 213 g/mol. The van der Waals surface area contributed by atoms with Crippen molar-refractivity contribution in [3.8, 4) is 0 Å². The first-order valence-corrected chi connectivity index (χ1v) is 5.34. The van der Waals surface area contributed by atoms with Crippen molar-refractivity contribution in [2.75, 3.05) is 13.6 Å². The van der Waals surface area contributed by atoms with Gasteiger partial charge in [0.25, 0.3) is 0 Å². The summed E-state index contributed by atoms with van der Waals surface area (Å²) in [6, 6.07) is -0.520. The van der Waals surface area contributed by atoms with Crippen LogP contribution in [0.5, 0.6) is 0 Å². The van der Waals surface area contributed by atoms with Crippen LogP contribution in [0.1, 0.15) is 26.2 Å². The van der Waals surface area contributed by atoms with E-state index in [0.717, 1.165) is 6.42 Å². The predicted molar refractivity (Wildman–Crippen MR) is 57.1 cm³/mol. The fraction of sp³-hybridized carbons (Fsp3) is 0.800. The first-order valence-electron chi connectivity index (χ1n) is 5.34. The first-order chi connectivity index (χ1) is 7.04. The van der Waals surface area contributed by atoms with Crippen LogP contribution in [-0.2, 0) is 9.59 Å². The van der Waals surface area contributed by atoms with Crippen LogP contribution in [0.2, 0.25) is 0 Å². The van der Waals surface area contributed by atoms with Crippen LogP contribution in [0.3, 0.4) is 0 Å². The Bertz CT molecular complexity index is 255. The molecule has 0 saturated carbocycles. The van der Waals surface area contributed by atoms with Gasteiger partial charge in [0.2, 0.25) is 11.8 Å². The molecule has 2 unspecified atom stereocenters. The van der Waals surface area contributed by atoms with Crippen molar-refractivity contribution in [2.24, 2.45) is 5.73 Å². The molecule has 0 aliphatic carbocycles. The van der Waals surface area contributed by atoms with Crippen LogP contribution in [0.4, 0.5) is 0 Å². The van der Waals surface area contributed by atoms with Crippen molar-refractivity contribution in [1.29, 1.82) is 0 Å². The predicted octanol–water partition coefficient (Wildman–Crippen LogP) is -0.539. The lowest BCUT2D eigenvalue weighted by atomic mass is 10.1. The molecule has 1 rings (SSSR count). The first kappa shape index (κ1) is 12.0. The van der Waals surface area contributed by atoms with Gasteiger partial charge in [0.05, 0.1) is 12.1 Å². The SMILES string of the molecule is CCCC(N)C(=O)NC1CC(=O)N(C)C1. The average molecular weight is 213 g/mol. The van der Waals surface area contributed by atoms with Gasteiger partial charge in [-0.2, -0.15) is 0 Å². The number of likely N-dealkylation sites (tertiary alicyclic amines) is 1. The van der Waals surface area contributed by atoms with Gasteiger partial charge >= 0.3 is 0 Å². The molecule has 0 bridgehead atoms. The molecule has 3 N–H and O–H groups in total. The molecule has 0 radical (unpaired) electrons. The van der Waals surface area contributed by atoms with Crippen molar-refractivity contribution < 1.29 is 9.59 Å². The molecule has 1 heterocycles. The van der Waals surface area contributed by atoms with Crippen molar-refractivity contribution in [3.63, 3.8) is 0 Å². The number of amides is 2. The van der Waals surface area contributed by atoms with Crippen molar-refractivity contribution >= 4 is 11.8 Å². The zero-order valence-corrected chi connectivity index (χ0v) is 9.32. The summed E-state index contributed by atoms with van der Waals surface area (Å²) in [4.78, 5) is 24.4. The van der Waals surface area contributed by atoms with Gasteiger partial charge in [0.15, 0.2) is 0 Å². The van der Waals surface area contributed by atoms with Gasteiger partial charge in [0, 0.05) is 20.0 Å². The molecule has 2 atom stereocenters. The number of hydrogen-bond donors (Lipinski definition) is 2. The van der Waals surface area contributed by atoms with E-state index in [1.165, 1.54) is 0 Å². The Labute approximate surface area is 90.0 Å². The van der Waals surface area contributed by atoms with Crippen molar-refractivity contribution in [2.45, 2.75) is 38.3 Å². The van der Waals surface area contributed by atoms with Crippen molar-refractivity contribution in [1.82, 2.24) is 10.2 Å². The minimum atomic E-state index is -0.448. The van der Waals surface area contributed by atoms with E-state index in [2.05, 4.69) is 5.32 Å². The topological polar surface area (TPSA) is 75.4 Å². The van der Waals surface area contributed by atoms with Crippen LogP contribution in [0, 0.1) is 0 Å². The molecular formula is C10H19N3O2. The van der Waals surface area contributed by atoms with Gasteiger partial charge in [0.1, 0.15) is 0 Å². The van der Waals surface area contributed by atoms with Gasteiger partial charge in [-0.3, -0.25) is 9.59 Å². The maximum atomic E-state index is 11.5. The van der Waals surface area contributed by atoms with Crippen LogP contribution in [0.15, 0.2) is 0 Å². The molecular weight excluding hydrogens is 194 g/mol. The summed E-state index contributed by atoms with van der Waals surface area (Å²) >= 11 is 0. The highest BCUT2D eigenvalue weighted by molar-refractivity contribution is 5.84. The lowest BCUT2D eigenvalue weighted by molar-refractivity contribution is -0.126. The number of nitrogens with zero attached hydrogens (tertiary/aromatic N) is 1. The van der Waals surface area contributed by atoms with Gasteiger partial charge in [-0.1, -0.05) is 13.3 Å². The molecule has 0 aromatic rings. The fourth-order valence-corrected chi connectivity index (χ4v) is 1.71. The number of hydrogen-bond acceptors (Lipinski definition) is 3. The fourth-order valence-electron chi connectivity index (χ4n) is 1.71. The summed E-state index contributed by atoms with van der Waals surface area (Å²) in [6.45, 7) is 2.57. The second kappa shape index (κ2) is 5.11. The maximum absolute atomic E-state index is 11.5. The van der Waals surface area contributed by atoms with Gasteiger partial charge in [-0.25, -0.2) is 0 Å². The van der Waals surface area contributed by atoms with E-state index in [1.54, 1.807) is 11.9 Å². The van der Waals surface area contributed by atoms with Gasteiger partial charge in [-0.15, -0.1) is 0 Å². The van der Waals surface area contributed by atoms with E-state index < -0.39 is 6.04 Å². The third-order valence-electron chi connectivity index (χ3n) is 2.62. The number of carbonyl (C=O) groups is 2. The molecule has 0 aromatic heterocycles. The quantitative estimate of drug-likeness (QED) is 0.658. The Hall–Kier alpha value is -1.10. The molecule has 5 heteroatoms. The smallest absolute Gasteiger partial charge is 0.237 e. The summed E-state index contributed by atoms with van der Waals surface area (Å²) in [5.74, 6) is -0.0747. The molecule has 1 saturated heterocycles. The largest absolute Gasteiger partial charge is 0.350 e. The molecule has 1 aliphatic rings. The molecule has 1 aliphatic heterocycles. The minimum Gasteiger partial charge on any atom is -0.350 e. The van der Waals surface area contributed by atoms with Gasteiger partial charge in [-0.05, 0) is 6.42 Å². The van der Waals surface area contributed by atoms with E-state index >= 15 is 0 Å². The number of carbonyl (C=O) groups excluding carboxylic acids is 2. The molecule has 0 aromatic carbocycles. The summed E-state index contributed by atoms with van der Waals surface area (Å²) in [5, 5.41) is 2.80. The lowest BCUT2D eigenvalue weighted by Crippen LogP contribution is -2.46. The molecule has 1 fully saturated rings. The highest BCUT2D eigenvalue weighted by Gasteiger charge is 2.28. The standard InChI is InChI=1S/C10H19N3O2/c1-3-4-8(11)10(15)12-7-5-9(14)13(2)6-7/h7-8H,3-6,11H2,1-2H3,(H,12,15). The highest BCUT2D eigenvalue weighted by Crippen LogP contribution is 2.08. The molecule has 2 amide bonds. The zero-order valence-electron chi connectivity index (χ0n) is 9.32. The average Bonchev–Trinajstić information content (AvgIpc) is 2.46. The maximum Gasteiger partial charge on any atom is 0.237 e. The number of nitrogens with two attached hydrogens (primary N) is 1. The molecule has 15 heavy (non-hydrogen) atoms. The number of likely N-dealkylation sites (N-methyl/N-ethyl adjacent to an activating group) is 1. The van der Waals surface area contributed by atoms with Gasteiger partial charge < -0.3 is 16.0 Å². The third kappa shape index (κ3) is 3.20. The molecule has 0 spiro atoms. The highest BCUT2D eigenvalue weighted by atomic mass is 16.2. The molecule has 86 valence electrons. The van der Waals surface area contributed by atoms with Crippen LogP contribution in [0.25, 0.3) is 0 Å². The second-order valence-corrected chi connectivity index (χ2v) is 4.08. The van der Waals surface area contributed by atoms with Crippen LogP contribution < -0.4 is 11.1 Å². The number of nitrogens with one attached hydrogen (secondary N) is 1. The third-order valence-corrected chi connectivity index (χ3v) is 2.62. The van der Waals surface area contributed by atoms with E-state index in [4.69, 9.17) is 5.73 Å². The van der Waals surface area contributed by atoms with E-state index in [9.17, 15) is 9.59 Å². The Morgan fingerprint density at radius 3 is 2.87 bits per heavy atom. The number of rotatable bonds is 4. The van der Waals surface area contributed by atoms with Crippen LogP contribution >= 0.6 is 0 Å². The Morgan fingerprint density at radius 2 is 2.40 bits per heavy atom. The summed E-state index contributed by atoms with van der Waals surface area (Å²) in [7, 11) is 1.74. The van der Waals surface area contributed by atoms with E-state index in [0.29, 0.717) is 19.4 Å². The van der Waals surface area contributed by atoms with E-state index in [1.807, 2.05) is 6.92 Å².